The van der Waals surface area contributed by atoms with Gasteiger partial charge in [-0.2, -0.15) is 5.26 Å². The highest BCUT2D eigenvalue weighted by molar-refractivity contribution is 5.98. The highest BCUT2D eigenvalue weighted by Gasteiger charge is 2.33. The molecule has 26 heavy (non-hydrogen) atoms. The topological polar surface area (TPSA) is 99.5 Å². The second-order valence-electron chi connectivity index (χ2n) is 5.69. The Morgan fingerprint density at radius 3 is 2.62 bits per heavy atom. The Bertz CT molecular complexity index is 873. The van der Waals surface area contributed by atoms with Crippen molar-refractivity contribution >= 4 is 17.9 Å². The van der Waals surface area contributed by atoms with Crippen molar-refractivity contribution in [3.8, 4) is 6.07 Å². The van der Waals surface area contributed by atoms with Crippen LogP contribution in [0, 0.1) is 11.3 Å². The fraction of sp³-hybridized carbons (Fsp3) is 0.158. The van der Waals surface area contributed by atoms with Crippen molar-refractivity contribution in [1.82, 2.24) is 10.2 Å². The summed E-state index contributed by atoms with van der Waals surface area (Å²) in [6, 6.07) is 16.7. The zero-order valence-corrected chi connectivity index (χ0v) is 13.7. The highest BCUT2D eigenvalue weighted by atomic mass is 16.6. The van der Waals surface area contributed by atoms with Gasteiger partial charge in [0, 0.05) is 5.56 Å². The predicted octanol–water partition coefficient (Wildman–Crippen LogP) is 2.01. The number of nitriles is 1. The minimum atomic E-state index is -0.725. The maximum Gasteiger partial charge on any atom is 0.417 e. The maximum atomic E-state index is 12.6. The minimum absolute atomic E-state index is 0.0363. The van der Waals surface area contributed by atoms with Crippen LogP contribution in [0.5, 0.6) is 0 Å². The molecule has 1 atom stereocenters. The van der Waals surface area contributed by atoms with Crippen molar-refractivity contribution in [2.75, 3.05) is 13.2 Å². The van der Waals surface area contributed by atoms with Crippen LogP contribution in [0.1, 0.15) is 27.5 Å². The van der Waals surface area contributed by atoms with Gasteiger partial charge in [0.05, 0.1) is 24.2 Å². The van der Waals surface area contributed by atoms with Crippen molar-refractivity contribution in [2.45, 2.75) is 6.04 Å². The van der Waals surface area contributed by atoms with Crippen LogP contribution < -0.4 is 5.32 Å². The van der Waals surface area contributed by atoms with E-state index in [1.165, 1.54) is 6.07 Å². The number of cyclic esters (lactones) is 1. The predicted molar refractivity (Wildman–Crippen MR) is 90.9 cm³/mol. The molecular weight excluding hydrogens is 334 g/mol. The van der Waals surface area contributed by atoms with Crippen LogP contribution in [0.15, 0.2) is 54.6 Å². The molecule has 3 rings (SSSR count). The van der Waals surface area contributed by atoms with Crippen LogP contribution in [-0.4, -0.2) is 36.0 Å². The molecule has 0 aromatic heterocycles. The standard InChI is InChI=1S/C19H15N3O4/c20-10-13-5-4-8-15(9-13)18(24)21-16(14-6-2-1-3-7-14)11-22-17(23)12-26-19(22)25/h1-9,16H,11-12H2,(H,21,24). The van der Waals surface area contributed by atoms with Gasteiger partial charge in [-0.1, -0.05) is 36.4 Å². The zero-order valence-electron chi connectivity index (χ0n) is 13.7. The largest absolute Gasteiger partial charge is 0.439 e. The fourth-order valence-corrected chi connectivity index (χ4v) is 2.63. The molecule has 130 valence electrons. The Balaban J connectivity index is 1.84. The Morgan fingerprint density at radius 1 is 1.19 bits per heavy atom. The van der Waals surface area contributed by atoms with Gasteiger partial charge in [0.25, 0.3) is 11.8 Å². The molecule has 1 aliphatic rings. The van der Waals surface area contributed by atoms with E-state index >= 15 is 0 Å². The lowest BCUT2D eigenvalue weighted by molar-refractivity contribution is -0.126. The molecule has 1 aliphatic heterocycles. The van der Waals surface area contributed by atoms with E-state index in [1.807, 2.05) is 12.1 Å². The van der Waals surface area contributed by atoms with E-state index in [0.29, 0.717) is 11.1 Å². The Kier molecular flexibility index (Phi) is 4.94. The molecule has 1 heterocycles. The lowest BCUT2D eigenvalue weighted by atomic mass is 10.0. The van der Waals surface area contributed by atoms with Crippen molar-refractivity contribution in [3.63, 3.8) is 0 Å². The van der Waals surface area contributed by atoms with E-state index in [1.54, 1.807) is 42.5 Å². The first kappa shape index (κ1) is 17.2. The van der Waals surface area contributed by atoms with Crippen molar-refractivity contribution in [2.24, 2.45) is 0 Å². The summed E-state index contributed by atoms with van der Waals surface area (Å²) in [6.07, 6.45) is -0.725. The molecule has 1 N–H and O–H groups in total. The molecule has 0 saturated carbocycles. The molecule has 1 unspecified atom stereocenters. The quantitative estimate of drug-likeness (QED) is 0.890. The average Bonchev–Trinajstić information content (AvgIpc) is 3.00. The zero-order chi connectivity index (χ0) is 18.5. The van der Waals surface area contributed by atoms with Crippen LogP contribution in [-0.2, 0) is 9.53 Å². The second-order valence-corrected chi connectivity index (χ2v) is 5.69. The SMILES string of the molecule is N#Cc1cccc(C(=O)NC(CN2C(=O)COC2=O)c2ccccc2)c1. The Labute approximate surface area is 149 Å². The summed E-state index contributed by atoms with van der Waals surface area (Å²) in [7, 11) is 0. The number of carbonyl (C=O) groups excluding carboxylic acids is 3. The van der Waals surface area contributed by atoms with E-state index in [9.17, 15) is 14.4 Å². The first-order valence-electron chi connectivity index (χ1n) is 7.91. The average molecular weight is 349 g/mol. The maximum absolute atomic E-state index is 12.6. The number of ether oxygens (including phenoxy) is 1. The van der Waals surface area contributed by atoms with Gasteiger partial charge in [-0.05, 0) is 23.8 Å². The number of hydrogen-bond donors (Lipinski definition) is 1. The third-order valence-electron chi connectivity index (χ3n) is 3.97. The number of rotatable bonds is 5. The lowest BCUT2D eigenvalue weighted by Gasteiger charge is -2.23. The monoisotopic (exact) mass is 349 g/mol. The Morgan fingerprint density at radius 2 is 1.96 bits per heavy atom. The molecule has 1 fully saturated rings. The number of nitrogens with zero attached hydrogens (tertiary/aromatic N) is 2. The first-order valence-corrected chi connectivity index (χ1v) is 7.91. The number of amides is 3. The van der Waals surface area contributed by atoms with Crippen molar-refractivity contribution < 1.29 is 19.1 Å². The van der Waals surface area contributed by atoms with Gasteiger partial charge in [-0.15, -0.1) is 0 Å². The number of carbonyl (C=O) groups is 3. The molecule has 2 aromatic rings. The molecule has 0 radical (unpaired) electrons. The summed E-state index contributed by atoms with van der Waals surface area (Å²) >= 11 is 0. The molecule has 0 bridgehead atoms. The van der Waals surface area contributed by atoms with E-state index in [2.05, 4.69) is 5.32 Å². The van der Waals surface area contributed by atoms with E-state index in [-0.39, 0.29) is 13.2 Å². The molecule has 3 amide bonds. The Hall–Kier alpha value is -3.66. The van der Waals surface area contributed by atoms with Crippen LogP contribution >= 0.6 is 0 Å². The summed E-state index contributed by atoms with van der Waals surface area (Å²) in [5, 5.41) is 11.8. The molecule has 7 nitrogen and oxygen atoms in total. The third-order valence-corrected chi connectivity index (χ3v) is 3.97. The van der Waals surface area contributed by atoms with Gasteiger partial charge < -0.3 is 10.1 Å². The number of nitrogens with one attached hydrogen (secondary N) is 1. The van der Waals surface area contributed by atoms with Crippen LogP contribution in [0.2, 0.25) is 0 Å². The molecule has 1 saturated heterocycles. The van der Waals surface area contributed by atoms with Gasteiger partial charge in [0.15, 0.2) is 6.61 Å². The molecule has 2 aromatic carbocycles. The smallest absolute Gasteiger partial charge is 0.417 e. The number of hydrogen-bond acceptors (Lipinski definition) is 5. The van der Waals surface area contributed by atoms with Gasteiger partial charge >= 0.3 is 6.09 Å². The first-order chi connectivity index (χ1) is 12.6. The lowest BCUT2D eigenvalue weighted by Crippen LogP contribution is -2.40. The van der Waals surface area contributed by atoms with E-state index in [4.69, 9.17) is 10.00 Å². The summed E-state index contributed by atoms with van der Waals surface area (Å²) in [4.78, 5) is 37.1. The van der Waals surface area contributed by atoms with Crippen LogP contribution in [0.25, 0.3) is 0 Å². The van der Waals surface area contributed by atoms with Gasteiger partial charge in [0.1, 0.15) is 0 Å². The minimum Gasteiger partial charge on any atom is -0.439 e. The van der Waals surface area contributed by atoms with E-state index < -0.39 is 23.9 Å². The summed E-state index contributed by atoms with van der Waals surface area (Å²) in [6.45, 7) is -0.329. The molecular formula is C19H15N3O4. The van der Waals surface area contributed by atoms with Gasteiger partial charge in [0.2, 0.25) is 0 Å². The summed E-state index contributed by atoms with van der Waals surface area (Å²) in [5.41, 5.74) is 1.43. The normalized spacial score (nSPS) is 14.5. The second kappa shape index (κ2) is 7.49. The van der Waals surface area contributed by atoms with Crippen LogP contribution in [0.3, 0.4) is 0 Å². The number of imide groups is 1. The highest BCUT2D eigenvalue weighted by Crippen LogP contribution is 2.18. The number of benzene rings is 2. The molecule has 0 aliphatic carbocycles. The third kappa shape index (κ3) is 3.70. The van der Waals surface area contributed by atoms with Crippen LogP contribution in [0.4, 0.5) is 4.79 Å². The van der Waals surface area contributed by atoms with E-state index in [0.717, 1.165) is 10.5 Å². The van der Waals surface area contributed by atoms with Gasteiger partial charge in [-0.3, -0.25) is 9.59 Å². The van der Waals surface area contributed by atoms with Crippen molar-refractivity contribution in [3.05, 3.63) is 71.3 Å². The summed E-state index contributed by atoms with van der Waals surface area (Å²) < 4.78 is 4.72. The summed E-state index contributed by atoms with van der Waals surface area (Å²) in [5.74, 6) is -0.854. The van der Waals surface area contributed by atoms with Gasteiger partial charge in [-0.25, -0.2) is 9.69 Å². The fourth-order valence-electron chi connectivity index (χ4n) is 2.63. The van der Waals surface area contributed by atoms with Crippen molar-refractivity contribution in [1.29, 1.82) is 5.26 Å². The molecule has 0 spiro atoms. The molecule has 7 heteroatoms.